The van der Waals surface area contributed by atoms with Crippen LogP contribution in [-0.2, 0) is 14.3 Å². The van der Waals surface area contributed by atoms with E-state index < -0.39 is 11.4 Å². The van der Waals surface area contributed by atoms with Gasteiger partial charge in [0.15, 0.2) is 0 Å². The van der Waals surface area contributed by atoms with Gasteiger partial charge in [-0.05, 0) is 25.7 Å². The van der Waals surface area contributed by atoms with Gasteiger partial charge in [-0.1, -0.05) is 0 Å². The highest BCUT2D eigenvalue weighted by Crippen LogP contribution is 2.33. The number of amides is 1. The van der Waals surface area contributed by atoms with Gasteiger partial charge in [-0.3, -0.25) is 9.59 Å². The molecular weight excluding hydrogens is 236 g/mol. The van der Waals surface area contributed by atoms with Crippen molar-refractivity contribution in [3.05, 3.63) is 0 Å². The highest BCUT2D eigenvalue weighted by atomic mass is 16.5. The lowest BCUT2D eigenvalue weighted by Gasteiger charge is -2.32. The largest absolute Gasteiger partial charge is 0.480 e. The standard InChI is InChI=1S/C12H20N2O4/c1-12(7-18-6-9(12)13)11(17)14(5-10(15)16)4-8-2-3-8/h8-9H,2-7,13H2,1H3,(H,15,16). The average molecular weight is 256 g/mol. The van der Waals surface area contributed by atoms with Gasteiger partial charge in [0, 0.05) is 12.6 Å². The number of hydrogen-bond donors (Lipinski definition) is 2. The molecule has 18 heavy (non-hydrogen) atoms. The van der Waals surface area contributed by atoms with Gasteiger partial charge in [0.1, 0.15) is 6.54 Å². The molecule has 1 saturated carbocycles. The number of carbonyl (C=O) groups excluding carboxylic acids is 1. The number of aliphatic carboxylic acids is 1. The first kappa shape index (κ1) is 13.3. The molecule has 1 saturated heterocycles. The van der Waals surface area contributed by atoms with Crippen molar-refractivity contribution in [2.75, 3.05) is 26.3 Å². The Morgan fingerprint density at radius 2 is 2.17 bits per heavy atom. The van der Waals surface area contributed by atoms with Crippen molar-refractivity contribution in [2.45, 2.75) is 25.8 Å². The minimum Gasteiger partial charge on any atom is -0.480 e. The summed E-state index contributed by atoms with van der Waals surface area (Å²) in [5, 5.41) is 8.90. The lowest BCUT2D eigenvalue weighted by Crippen LogP contribution is -2.53. The molecule has 1 aliphatic carbocycles. The predicted molar refractivity (Wildman–Crippen MR) is 63.8 cm³/mol. The van der Waals surface area contributed by atoms with E-state index in [4.69, 9.17) is 15.6 Å². The van der Waals surface area contributed by atoms with Gasteiger partial charge in [0.05, 0.1) is 18.6 Å². The molecule has 1 aliphatic heterocycles. The molecule has 2 unspecified atom stereocenters. The first-order chi connectivity index (χ1) is 8.43. The minimum atomic E-state index is -0.986. The highest BCUT2D eigenvalue weighted by Gasteiger charge is 2.47. The third-order valence-electron chi connectivity index (χ3n) is 3.80. The molecule has 0 spiro atoms. The molecule has 6 heteroatoms. The Balaban J connectivity index is 2.08. The zero-order valence-electron chi connectivity index (χ0n) is 10.6. The van der Waals surface area contributed by atoms with Crippen molar-refractivity contribution < 1.29 is 19.4 Å². The van der Waals surface area contributed by atoms with Crippen LogP contribution >= 0.6 is 0 Å². The maximum Gasteiger partial charge on any atom is 0.323 e. The fourth-order valence-electron chi connectivity index (χ4n) is 2.27. The summed E-state index contributed by atoms with van der Waals surface area (Å²) in [5.41, 5.74) is 5.12. The summed E-state index contributed by atoms with van der Waals surface area (Å²) in [7, 11) is 0. The third kappa shape index (κ3) is 2.64. The van der Waals surface area contributed by atoms with E-state index in [9.17, 15) is 9.59 Å². The first-order valence-electron chi connectivity index (χ1n) is 6.28. The summed E-state index contributed by atoms with van der Waals surface area (Å²) in [5.74, 6) is -0.725. The van der Waals surface area contributed by atoms with Gasteiger partial charge in [-0.2, -0.15) is 0 Å². The Morgan fingerprint density at radius 1 is 1.50 bits per heavy atom. The van der Waals surface area contributed by atoms with Crippen LogP contribution in [0.1, 0.15) is 19.8 Å². The van der Waals surface area contributed by atoms with E-state index in [1.165, 1.54) is 4.90 Å². The number of hydrogen-bond acceptors (Lipinski definition) is 4. The molecule has 0 aromatic rings. The summed E-state index contributed by atoms with van der Waals surface area (Å²) < 4.78 is 5.25. The van der Waals surface area contributed by atoms with Crippen LogP contribution in [0.3, 0.4) is 0 Å². The van der Waals surface area contributed by atoms with Crippen LogP contribution in [0.5, 0.6) is 0 Å². The topological polar surface area (TPSA) is 92.9 Å². The van der Waals surface area contributed by atoms with E-state index in [2.05, 4.69) is 0 Å². The van der Waals surface area contributed by atoms with Crippen LogP contribution in [0.2, 0.25) is 0 Å². The molecule has 2 fully saturated rings. The fraction of sp³-hybridized carbons (Fsp3) is 0.833. The van der Waals surface area contributed by atoms with Crippen molar-refractivity contribution in [2.24, 2.45) is 17.1 Å². The van der Waals surface area contributed by atoms with Crippen LogP contribution in [0.25, 0.3) is 0 Å². The van der Waals surface area contributed by atoms with E-state index in [0.717, 1.165) is 12.8 Å². The van der Waals surface area contributed by atoms with Crippen molar-refractivity contribution >= 4 is 11.9 Å². The fourth-order valence-corrected chi connectivity index (χ4v) is 2.27. The van der Waals surface area contributed by atoms with Crippen LogP contribution in [0.4, 0.5) is 0 Å². The molecule has 1 heterocycles. The number of carboxylic acid groups (broad SMARTS) is 1. The zero-order valence-corrected chi connectivity index (χ0v) is 10.6. The average Bonchev–Trinajstić information content (AvgIpc) is 3.04. The Bertz CT molecular complexity index is 356. The number of nitrogens with two attached hydrogens (primary N) is 1. The van der Waals surface area contributed by atoms with Gasteiger partial charge in [0.2, 0.25) is 5.91 Å². The predicted octanol–water partition coefficient (Wildman–Crippen LogP) is -0.327. The SMILES string of the molecule is CC1(C(=O)N(CC(=O)O)CC2CC2)COCC1N. The Hall–Kier alpha value is -1.14. The number of nitrogens with zero attached hydrogens (tertiary/aromatic N) is 1. The molecule has 0 bridgehead atoms. The maximum absolute atomic E-state index is 12.5. The van der Waals surface area contributed by atoms with Gasteiger partial charge in [-0.25, -0.2) is 0 Å². The highest BCUT2D eigenvalue weighted by molar-refractivity contribution is 5.86. The molecule has 102 valence electrons. The molecule has 0 aromatic carbocycles. The summed E-state index contributed by atoms with van der Waals surface area (Å²) >= 11 is 0. The summed E-state index contributed by atoms with van der Waals surface area (Å²) in [6.45, 7) is 2.65. The van der Waals surface area contributed by atoms with E-state index in [1.807, 2.05) is 0 Å². The molecule has 2 rings (SSSR count). The normalized spacial score (nSPS) is 31.3. The maximum atomic E-state index is 12.5. The van der Waals surface area contributed by atoms with Crippen LogP contribution in [0.15, 0.2) is 0 Å². The number of ether oxygens (including phenoxy) is 1. The van der Waals surface area contributed by atoms with E-state index in [1.54, 1.807) is 6.92 Å². The van der Waals surface area contributed by atoms with Crippen LogP contribution in [0, 0.1) is 11.3 Å². The monoisotopic (exact) mass is 256 g/mol. The zero-order chi connectivity index (χ0) is 13.3. The Labute approximate surface area is 106 Å². The first-order valence-corrected chi connectivity index (χ1v) is 6.28. The van der Waals surface area contributed by atoms with Crippen LogP contribution < -0.4 is 5.73 Å². The van der Waals surface area contributed by atoms with E-state index in [0.29, 0.717) is 19.1 Å². The van der Waals surface area contributed by atoms with Gasteiger partial charge in [-0.15, -0.1) is 0 Å². The lowest BCUT2D eigenvalue weighted by atomic mass is 9.84. The smallest absolute Gasteiger partial charge is 0.323 e. The quantitative estimate of drug-likeness (QED) is 0.703. The number of carboxylic acids is 1. The van der Waals surface area contributed by atoms with Crippen molar-refractivity contribution in [3.8, 4) is 0 Å². The van der Waals surface area contributed by atoms with Crippen molar-refractivity contribution in [1.82, 2.24) is 4.90 Å². The number of carbonyl (C=O) groups is 2. The molecule has 2 atom stereocenters. The molecule has 3 N–H and O–H groups in total. The molecule has 0 aromatic heterocycles. The van der Waals surface area contributed by atoms with Gasteiger partial charge < -0.3 is 20.5 Å². The number of rotatable bonds is 5. The summed E-state index contributed by atoms with van der Waals surface area (Å²) in [4.78, 5) is 24.8. The molecular formula is C12H20N2O4. The van der Waals surface area contributed by atoms with Crippen molar-refractivity contribution in [3.63, 3.8) is 0 Å². The second-order valence-corrected chi connectivity index (χ2v) is 5.56. The Kier molecular flexibility index (Phi) is 3.59. The lowest BCUT2D eigenvalue weighted by molar-refractivity contribution is -0.150. The Morgan fingerprint density at radius 3 is 2.61 bits per heavy atom. The minimum absolute atomic E-state index is 0.193. The molecule has 0 radical (unpaired) electrons. The second-order valence-electron chi connectivity index (χ2n) is 5.56. The summed E-state index contributed by atoms with van der Waals surface area (Å²) in [6, 6.07) is -0.361. The summed E-state index contributed by atoms with van der Waals surface area (Å²) in [6.07, 6.45) is 2.14. The van der Waals surface area contributed by atoms with Crippen molar-refractivity contribution in [1.29, 1.82) is 0 Å². The van der Waals surface area contributed by atoms with E-state index in [-0.39, 0.29) is 25.1 Å². The van der Waals surface area contributed by atoms with Gasteiger partial charge >= 0.3 is 5.97 Å². The molecule has 1 amide bonds. The van der Waals surface area contributed by atoms with Crippen LogP contribution in [-0.4, -0.2) is 54.2 Å². The van der Waals surface area contributed by atoms with Gasteiger partial charge in [0.25, 0.3) is 0 Å². The molecule has 2 aliphatic rings. The third-order valence-corrected chi connectivity index (χ3v) is 3.80. The van der Waals surface area contributed by atoms with E-state index >= 15 is 0 Å². The molecule has 6 nitrogen and oxygen atoms in total. The second kappa shape index (κ2) is 4.85.